The van der Waals surface area contributed by atoms with Gasteiger partial charge in [0.15, 0.2) is 0 Å². The largest absolute Gasteiger partial charge is 0.458 e. The Kier molecular flexibility index (Phi) is 4.86. The lowest BCUT2D eigenvalue weighted by Gasteiger charge is -2.36. The Hall–Kier alpha value is -1.58. The highest BCUT2D eigenvalue weighted by Gasteiger charge is 2.33. The van der Waals surface area contributed by atoms with Gasteiger partial charge in [-0.05, 0) is 48.8 Å². The number of benzene rings is 1. The Labute approximate surface area is 125 Å². The second kappa shape index (κ2) is 6.46. The summed E-state index contributed by atoms with van der Waals surface area (Å²) in [5, 5.41) is 0. The fourth-order valence-corrected chi connectivity index (χ4v) is 3.19. The molecule has 0 bridgehead atoms. The van der Waals surface area contributed by atoms with E-state index in [9.17, 15) is 9.18 Å². The third-order valence-electron chi connectivity index (χ3n) is 4.38. The van der Waals surface area contributed by atoms with Crippen LogP contribution in [0.1, 0.15) is 50.4 Å². The van der Waals surface area contributed by atoms with Crippen LogP contribution in [0.5, 0.6) is 0 Å². The standard InChI is InChI=1S/C17H24FNO2/c1-10(2)15-5-4-11(3)6-16(15)21-17(20)12-7-13(18)9-14(19)8-12/h7-11,15-16H,4-6,19H2,1-3H3. The van der Waals surface area contributed by atoms with E-state index >= 15 is 0 Å². The summed E-state index contributed by atoms with van der Waals surface area (Å²) in [5.74, 6) is 0.393. The molecule has 2 N–H and O–H groups in total. The van der Waals surface area contributed by atoms with Gasteiger partial charge < -0.3 is 10.5 Å². The number of halogens is 1. The fourth-order valence-electron chi connectivity index (χ4n) is 3.19. The number of rotatable bonds is 3. The lowest BCUT2D eigenvalue weighted by atomic mass is 9.75. The summed E-state index contributed by atoms with van der Waals surface area (Å²) in [4.78, 5) is 12.2. The van der Waals surface area contributed by atoms with Gasteiger partial charge in [0.25, 0.3) is 0 Å². The Bertz CT molecular complexity index is 495. The first-order valence-electron chi connectivity index (χ1n) is 7.64. The monoisotopic (exact) mass is 293 g/mol. The number of esters is 1. The summed E-state index contributed by atoms with van der Waals surface area (Å²) in [6, 6.07) is 3.83. The van der Waals surface area contributed by atoms with Gasteiger partial charge in [0.05, 0.1) is 5.56 Å². The first-order chi connectivity index (χ1) is 9.86. The maximum Gasteiger partial charge on any atom is 0.338 e. The highest BCUT2D eigenvalue weighted by atomic mass is 19.1. The van der Waals surface area contributed by atoms with E-state index in [2.05, 4.69) is 20.8 Å². The maximum absolute atomic E-state index is 13.3. The zero-order valence-corrected chi connectivity index (χ0v) is 12.9. The number of nitrogens with two attached hydrogens (primary N) is 1. The fraction of sp³-hybridized carbons (Fsp3) is 0.588. The van der Waals surface area contributed by atoms with Crippen LogP contribution in [0.2, 0.25) is 0 Å². The number of hydrogen-bond acceptors (Lipinski definition) is 3. The van der Waals surface area contributed by atoms with Crippen molar-refractivity contribution < 1.29 is 13.9 Å². The van der Waals surface area contributed by atoms with E-state index in [-0.39, 0.29) is 17.4 Å². The summed E-state index contributed by atoms with van der Waals surface area (Å²) >= 11 is 0. The maximum atomic E-state index is 13.3. The minimum absolute atomic E-state index is 0.0919. The molecule has 3 unspecified atom stereocenters. The Morgan fingerprint density at radius 2 is 2.05 bits per heavy atom. The van der Waals surface area contributed by atoms with Crippen LogP contribution >= 0.6 is 0 Å². The smallest absolute Gasteiger partial charge is 0.338 e. The lowest BCUT2D eigenvalue weighted by Crippen LogP contribution is -2.35. The zero-order chi connectivity index (χ0) is 15.6. The Morgan fingerprint density at radius 3 is 2.67 bits per heavy atom. The number of nitrogen functional groups attached to an aromatic ring is 1. The van der Waals surface area contributed by atoms with Gasteiger partial charge in [-0.15, -0.1) is 0 Å². The molecule has 21 heavy (non-hydrogen) atoms. The molecule has 2 rings (SSSR count). The van der Waals surface area contributed by atoms with Gasteiger partial charge >= 0.3 is 5.97 Å². The predicted molar refractivity (Wildman–Crippen MR) is 81.4 cm³/mol. The number of anilines is 1. The van der Waals surface area contributed by atoms with E-state index in [1.165, 1.54) is 24.6 Å². The van der Waals surface area contributed by atoms with Crippen LogP contribution in [0.25, 0.3) is 0 Å². The summed E-state index contributed by atoms with van der Waals surface area (Å²) in [6.45, 7) is 6.49. The van der Waals surface area contributed by atoms with Crippen molar-refractivity contribution in [2.24, 2.45) is 17.8 Å². The number of carbonyl (C=O) groups is 1. The van der Waals surface area contributed by atoms with Crippen LogP contribution in [0.15, 0.2) is 18.2 Å². The quantitative estimate of drug-likeness (QED) is 0.676. The average Bonchev–Trinajstić information content (AvgIpc) is 2.37. The van der Waals surface area contributed by atoms with Gasteiger partial charge in [-0.2, -0.15) is 0 Å². The van der Waals surface area contributed by atoms with Crippen molar-refractivity contribution in [2.75, 3.05) is 5.73 Å². The normalized spacial score (nSPS) is 25.9. The molecule has 1 fully saturated rings. The molecular weight excluding hydrogens is 269 g/mol. The van der Waals surface area contributed by atoms with E-state index in [0.717, 1.165) is 12.8 Å². The van der Waals surface area contributed by atoms with E-state index < -0.39 is 11.8 Å². The number of ether oxygens (including phenoxy) is 1. The average molecular weight is 293 g/mol. The molecule has 1 aliphatic carbocycles. The molecule has 0 heterocycles. The van der Waals surface area contributed by atoms with Crippen LogP contribution in [-0.2, 0) is 4.74 Å². The molecule has 0 aromatic heterocycles. The summed E-state index contributed by atoms with van der Waals surface area (Å²) in [6.07, 6.45) is 3.02. The predicted octanol–water partition coefficient (Wildman–Crippen LogP) is 4.03. The minimum atomic E-state index is -0.514. The first-order valence-corrected chi connectivity index (χ1v) is 7.64. The second-order valence-corrected chi connectivity index (χ2v) is 6.54. The molecule has 1 saturated carbocycles. The van der Waals surface area contributed by atoms with Crippen molar-refractivity contribution in [3.05, 3.63) is 29.6 Å². The van der Waals surface area contributed by atoms with Crippen molar-refractivity contribution in [2.45, 2.75) is 46.1 Å². The van der Waals surface area contributed by atoms with Crippen molar-refractivity contribution in [1.82, 2.24) is 0 Å². The molecule has 0 amide bonds. The van der Waals surface area contributed by atoms with E-state index in [1.807, 2.05) is 0 Å². The van der Waals surface area contributed by atoms with Crippen molar-refractivity contribution in [3.63, 3.8) is 0 Å². The van der Waals surface area contributed by atoms with Crippen molar-refractivity contribution >= 4 is 11.7 Å². The highest BCUT2D eigenvalue weighted by Crippen LogP contribution is 2.35. The second-order valence-electron chi connectivity index (χ2n) is 6.54. The third kappa shape index (κ3) is 3.96. The van der Waals surface area contributed by atoms with E-state index in [1.54, 1.807) is 0 Å². The Morgan fingerprint density at radius 1 is 1.33 bits per heavy atom. The SMILES string of the molecule is CC1CCC(C(C)C)C(OC(=O)c2cc(N)cc(F)c2)C1. The van der Waals surface area contributed by atoms with Crippen molar-refractivity contribution in [1.29, 1.82) is 0 Å². The molecule has 0 radical (unpaired) electrons. The topological polar surface area (TPSA) is 52.3 Å². The first kappa shape index (κ1) is 15.8. The number of hydrogen-bond donors (Lipinski definition) is 1. The molecule has 1 aromatic rings. The van der Waals surface area contributed by atoms with Crippen LogP contribution in [0.3, 0.4) is 0 Å². The van der Waals surface area contributed by atoms with Gasteiger partial charge in [-0.25, -0.2) is 9.18 Å². The minimum Gasteiger partial charge on any atom is -0.458 e. The molecule has 1 aliphatic rings. The van der Waals surface area contributed by atoms with Gasteiger partial charge in [-0.1, -0.05) is 27.2 Å². The molecule has 3 atom stereocenters. The van der Waals surface area contributed by atoms with Gasteiger partial charge in [0.2, 0.25) is 0 Å². The van der Waals surface area contributed by atoms with Gasteiger partial charge in [-0.3, -0.25) is 0 Å². The van der Waals surface area contributed by atoms with Gasteiger partial charge in [0, 0.05) is 5.69 Å². The highest BCUT2D eigenvalue weighted by molar-refractivity contribution is 5.90. The van der Waals surface area contributed by atoms with Crippen LogP contribution in [0, 0.1) is 23.6 Å². The molecule has 4 heteroatoms. The van der Waals surface area contributed by atoms with Crippen molar-refractivity contribution in [3.8, 4) is 0 Å². The molecule has 3 nitrogen and oxygen atoms in total. The van der Waals surface area contributed by atoms with E-state index in [0.29, 0.717) is 17.8 Å². The summed E-state index contributed by atoms with van der Waals surface area (Å²) < 4.78 is 19.0. The summed E-state index contributed by atoms with van der Waals surface area (Å²) in [7, 11) is 0. The Balaban J connectivity index is 2.12. The van der Waals surface area contributed by atoms with Crippen LogP contribution in [0.4, 0.5) is 10.1 Å². The van der Waals surface area contributed by atoms with Gasteiger partial charge in [0.1, 0.15) is 11.9 Å². The molecule has 0 aliphatic heterocycles. The zero-order valence-electron chi connectivity index (χ0n) is 12.9. The molecule has 1 aromatic carbocycles. The summed E-state index contributed by atoms with van der Waals surface area (Å²) in [5.41, 5.74) is 6.00. The van der Waals surface area contributed by atoms with E-state index in [4.69, 9.17) is 10.5 Å². The molecule has 0 spiro atoms. The molecular formula is C17H24FNO2. The molecule has 0 saturated heterocycles. The van der Waals surface area contributed by atoms with Crippen LogP contribution in [-0.4, -0.2) is 12.1 Å². The lowest BCUT2D eigenvalue weighted by molar-refractivity contribution is -0.0174. The third-order valence-corrected chi connectivity index (χ3v) is 4.38. The molecule has 116 valence electrons. The number of carbonyl (C=O) groups excluding carboxylic acids is 1. The van der Waals surface area contributed by atoms with Crippen LogP contribution < -0.4 is 5.73 Å².